The number of hydrogen-bond donors (Lipinski definition) is 0. The summed E-state index contributed by atoms with van der Waals surface area (Å²) in [5.41, 5.74) is 1.98. The molecule has 0 spiro atoms. The van der Waals surface area contributed by atoms with Gasteiger partial charge in [0.2, 0.25) is 5.91 Å². The summed E-state index contributed by atoms with van der Waals surface area (Å²) in [4.78, 5) is 18.7. The van der Waals surface area contributed by atoms with Crippen LogP contribution >= 0.6 is 0 Å². The number of rotatable bonds is 8. The Morgan fingerprint density at radius 3 is 2.40 bits per heavy atom. The minimum Gasteiger partial charge on any atom is -0.497 e. The first kappa shape index (κ1) is 21.8. The number of carbonyl (C=O) groups excluding carboxylic acids is 1. The van der Waals surface area contributed by atoms with Gasteiger partial charge in [-0.15, -0.1) is 0 Å². The third-order valence-corrected chi connectivity index (χ3v) is 5.14. The number of piperazine rings is 1. The lowest BCUT2D eigenvalue weighted by Gasteiger charge is -2.36. The Hall–Kier alpha value is -2.87. The maximum absolute atomic E-state index is 12.6. The van der Waals surface area contributed by atoms with Crippen LogP contribution in [0.5, 0.6) is 11.5 Å². The SMILES string of the molecule is COc1cccc(N2CCN(CC(=O)N(C)Cc3ccc(OC(F)F)cc3)CC2)c1. The van der Waals surface area contributed by atoms with Gasteiger partial charge in [0, 0.05) is 51.5 Å². The van der Waals surface area contributed by atoms with E-state index in [1.54, 1.807) is 31.2 Å². The number of benzene rings is 2. The van der Waals surface area contributed by atoms with Crippen molar-refractivity contribution in [1.29, 1.82) is 0 Å². The predicted octanol–water partition coefficient (Wildman–Crippen LogP) is 3.08. The first-order valence-electron chi connectivity index (χ1n) is 9.83. The lowest BCUT2D eigenvalue weighted by molar-refractivity contribution is -0.131. The summed E-state index contributed by atoms with van der Waals surface area (Å²) in [5, 5.41) is 0. The van der Waals surface area contributed by atoms with Crippen LogP contribution in [0.1, 0.15) is 5.56 Å². The van der Waals surface area contributed by atoms with Gasteiger partial charge in [0.15, 0.2) is 0 Å². The summed E-state index contributed by atoms with van der Waals surface area (Å²) in [7, 11) is 3.41. The van der Waals surface area contributed by atoms with E-state index < -0.39 is 6.61 Å². The summed E-state index contributed by atoms with van der Waals surface area (Å²) >= 11 is 0. The van der Waals surface area contributed by atoms with E-state index >= 15 is 0 Å². The Bertz CT molecular complexity index is 825. The number of nitrogens with zero attached hydrogens (tertiary/aromatic N) is 3. The summed E-state index contributed by atoms with van der Waals surface area (Å²) in [6.07, 6.45) is 0. The number of alkyl halides is 2. The topological polar surface area (TPSA) is 45.2 Å². The maximum atomic E-state index is 12.6. The van der Waals surface area contributed by atoms with Gasteiger partial charge < -0.3 is 19.3 Å². The van der Waals surface area contributed by atoms with Gasteiger partial charge in [-0.1, -0.05) is 18.2 Å². The van der Waals surface area contributed by atoms with Crippen LogP contribution in [0.15, 0.2) is 48.5 Å². The predicted molar refractivity (Wildman–Crippen MR) is 111 cm³/mol. The molecule has 1 amide bonds. The minimum atomic E-state index is -2.84. The summed E-state index contributed by atoms with van der Waals surface area (Å²) < 4.78 is 34.1. The third kappa shape index (κ3) is 6.06. The molecule has 0 N–H and O–H groups in total. The van der Waals surface area contributed by atoms with Gasteiger partial charge in [-0.05, 0) is 29.8 Å². The number of amides is 1. The summed E-state index contributed by atoms with van der Waals surface area (Å²) in [6.45, 7) is 1.22. The van der Waals surface area contributed by atoms with Crippen LogP contribution in [-0.2, 0) is 11.3 Å². The highest BCUT2D eigenvalue weighted by Crippen LogP contribution is 2.22. The number of halogens is 2. The number of anilines is 1. The molecule has 0 unspecified atom stereocenters. The van der Waals surface area contributed by atoms with Gasteiger partial charge in [0.05, 0.1) is 13.7 Å². The van der Waals surface area contributed by atoms with Crippen LogP contribution in [0, 0.1) is 0 Å². The van der Waals surface area contributed by atoms with Crippen LogP contribution in [0.4, 0.5) is 14.5 Å². The van der Waals surface area contributed by atoms with Gasteiger partial charge in [-0.3, -0.25) is 9.69 Å². The minimum absolute atomic E-state index is 0.0257. The Morgan fingerprint density at radius 2 is 1.77 bits per heavy atom. The highest BCUT2D eigenvalue weighted by Gasteiger charge is 2.21. The van der Waals surface area contributed by atoms with Crippen molar-refractivity contribution in [3.63, 3.8) is 0 Å². The highest BCUT2D eigenvalue weighted by molar-refractivity contribution is 5.78. The molecule has 1 aliphatic rings. The van der Waals surface area contributed by atoms with E-state index in [9.17, 15) is 13.6 Å². The average Bonchev–Trinajstić information content (AvgIpc) is 2.75. The van der Waals surface area contributed by atoms with Crippen LogP contribution in [0.25, 0.3) is 0 Å². The molecule has 1 heterocycles. The van der Waals surface area contributed by atoms with E-state index in [1.165, 1.54) is 12.1 Å². The van der Waals surface area contributed by atoms with Crippen LogP contribution in [0.2, 0.25) is 0 Å². The van der Waals surface area contributed by atoms with Gasteiger partial charge in [-0.25, -0.2) is 0 Å². The number of methoxy groups -OCH3 is 1. The van der Waals surface area contributed by atoms with Gasteiger partial charge in [-0.2, -0.15) is 8.78 Å². The van der Waals surface area contributed by atoms with E-state index in [0.717, 1.165) is 43.2 Å². The Morgan fingerprint density at radius 1 is 1.07 bits per heavy atom. The quantitative estimate of drug-likeness (QED) is 0.658. The Balaban J connectivity index is 1.45. The van der Waals surface area contributed by atoms with Crippen molar-refractivity contribution in [3.05, 3.63) is 54.1 Å². The van der Waals surface area contributed by atoms with Crippen molar-refractivity contribution >= 4 is 11.6 Å². The van der Waals surface area contributed by atoms with Crippen molar-refractivity contribution in [2.75, 3.05) is 51.8 Å². The molecule has 1 saturated heterocycles. The van der Waals surface area contributed by atoms with Crippen LogP contribution in [-0.4, -0.2) is 69.2 Å². The molecule has 2 aromatic carbocycles. The maximum Gasteiger partial charge on any atom is 0.387 e. The largest absolute Gasteiger partial charge is 0.497 e. The lowest BCUT2D eigenvalue weighted by Crippen LogP contribution is -2.49. The molecule has 3 rings (SSSR count). The number of hydrogen-bond acceptors (Lipinski definition) is 5. The number of ether oxygens (including phenoxy) is 2. The third-order valence-electron chi connectivity index (χ3n) is 5.14. The van der Waals surface area contributed by atoms with E-state index in [-0.39, 0.29) is 11.7 Å². The van der Waals surface area contributed by atoms with E-state index in [1.807, 2.05) is 18.2 Å². The van der Waals surface area contributed by atoms with Gasteiger partial charge >= 0.3 is 6.61 Å². The Kier molecular flexibility index (Phi) is 7.46. The molecule has 30 heavy (non-hydrogen) atoms. The molecule has 162 valence electrons. The van der Waals surface area contributed by atoms with Crippen LogP contribution < -0.4 is 14.4 Å². The van der Waals surface area contributed by atoms with Gasteiger partial charge in [0.1, 0.15) is 11.5 Å². The second kappa shape index (κ2) is 10.2. The molecular weight excluding hydrogens is 392 g/mol. The molecule has 0 radical (unpaired) electrons. The molecule has 0 saturated carbocycles. The zero-order chi connectivity index (χ0) is 21.5. The number of likely N-dealkylation sites (N-methyl/N-ethyl adjacent to an activating group) is 1. The van der Waals surface area contributed by atoms with Crippen molar-refractivity contribution < 1.29 is 23.0 Å². The normalized spacial score (nSPS) is 14.6. The monoisotopic (exact) mass is 419 g/mol. The first-order valence-corrected chi connectivity index (χ1v) is 9.83. The zero-order valence-corrected chi connectivity index (χ0v) is 17.3. The van der Waals surface area contributed by atoms with Crippen molar-refractivity contribution in [2.45, 2.75) is 13.2 Å². The molecule has 2 aromatic rings. The van der Waals surface area contributed by atoms with E-state index in [0.29, 0.717) is 13.1 Å². The molecule has 0 aliphatic carbocycles. The molecular formula is C22H27F2N3O3. The van der Waals surface area contributed by atoms with Gasteiger partial charge in [0.25, 0.3) is 0 Å². The second-order valence-corrected chi connectivity index (χ2v) is 7.24. The molecule has 0 bridgehead atoms. The molecule has 0 aromatic heterocycles. The van der Waals surface area contributed by atoms with Crippen molar-refractivity contribution in [3.8, 4) is 11.5 Å². The molecule has 6 nitrogen and oxygen atoms in total. The average molecular weight is 419 g/mol. The lowest BCUT2D eigenvalue weighted by atomic mass is 10.2. The van der Waals surface area contributed by atoms with E-state index in [4.69, 9.17) is 4.74 Å². The fourth-order valence-electron chi connectivity index (χ4n) is 3.42. The standard InChI is InChI=1S/C22H27F2N3O3/c1-25(15-17-6-8-19(9-7-17)30-22(23)24)21(28)16-26-10-12-27(13-11-26)18-4-3-5-20(14-18)29-2/h3-9,14,22H,10-13,15-16H2,1-2H3. The molecule has 0 atom stereocenters. The van der Waals surface area contributed by atoms with Crippen molar-refractivity contribution in [1.82, 2.24) is 9.80 Å². The first-order chi connectivity index (χ1) is 14.4. The Labute approximate surface area is 175 Å². The van der Waals surface area contributed by atoms with Crippen LogP contribution in [0.3, 0.4) is 0 Å². The fraction of sp³-hybridized carbons (Fsp3) is 0.409. The number of carbonyl (C=O) groups is 1. The second-order valence-electron chi connectivity index (χ2n) is 7.24. The van der Waals surface area contributed by atoms with Crippen molar-refractivity contribution in [2.24, 2.45) is 0 Å². The molecule has 8 heteroatoms. The zero-order valence-electron chi connectivity index (χ0n) is 17.3. The van der Waals surface area contributed by atoms with E-state index in [2.05, 4.69) is 20.6 Å². The molecule has 1 aliphatic heterocycles. The highest BCUT2D eigenvalue weighted by atomic mass is 19.3. The smallest absolute Gasteiger partial charge is 0.387 e. The fourth-order valence-corrected chi connectivity index (χ4v) is 3.42. The summed E-state index contributed by atoms with van der Waals surface area (Å²) in [6, 6.07) is 14.3. The summed E-state index contributed by atoms with van der Waals surface area (Å²) in [5.74, 6) is 0.968. The molecule has 1 fully saturated rings.